The lowest BCUT2D eigenvalue weighted by Crippen LogP contribution is -2.11. The summed E-state index contributed by atoms with van der Waals surface area (Å²) < 4.78 is 1.81. The van der Waals surface area contributed by atoms with Gasteiger partial charge < -0.3 is 5.73 Å². The molecular weight excluding hydrogens is 228 g/mol. The van der Waals surface area contributed by atoms with Crippen LogP contribution in [0.2, 0.25) is 0 Å². The van der Waals surface area contributed by atoms with Gasteiger partial charge in [-0.3, -0.25) is 4.57 Å². The second-order valence-corrected chi connectivity index (χ2v) is 3.85. The van der Waals surface area contributed by atoms with Gasteiger partial charge in [0.1, 0.15) is 11.3 Å². The Morgan fingerprint density at radius 1 is 1.11 bits per heavy atom. The fourth-order valence-electron chi connectivity index (χ4n) is 1.80. The third-order valence-corrected chi connectivity index (χ3v) is 2.65. The van der Waals surface area contributed by atoms with Crippen LogP contribution in [0.15, 0.2) is 36.7 Å². The van der Waals surface area contributed by atoms with Crippen LogP contribution < -0.4 is 5.73 Å². The highest BCUT2D eigenvalue weighted by molar-refractivity contribution is 5.73. The van der Waals surface area contributed by atoms with E-state index < -0.39 is 0 Å². The zero-order valence-corrected chi connectivity index (χ0v) is 9.69. The molecule has 2 N–H and O–H groups in total. The molecule has 0 spiro atoms. The number of fused-ring (bicyclic) bond motifs is 1. The van der Waals surface area contributed by atoms with Crippen LogP contribution in [0.4, 0.5) is 0 Å². The number of hydrogen-bond acceptors (Lipinski definition) is 5. The molecule has 1 aromatic carbocycles. The van der Waals surface area contributed by atoms with E-state index in [0.717, 1.165) is 16.9 Å². The molecule has 90 valence electrons. The topological polar surface area (TPSA) is 82.5 Å². The van der Waals surface area contributed by atoms with Crippen LogP contribution in [0, 0.1) is 0 Å². The zero-order valence-electron chi connectivity index (χ0n) is 9.69. The number of para-hydroxylation sites is 1. The van der Waals surface area contributed by atoms with E-state index in [1.807, 2.05) is 35.0 Å². The molecule has 0 atom stereocenters. The van der Waals surface area contributed by atoms with Crippen LogP contribution in [-0.2, 0) is 6.42 Å². The number of benzene rings is 1. The van der Waals surface area contributed by atoms with E-state index in [2.05, 4.69) is 20.2 Å². The molecule has 18 heavy (non-hydrogen) atoms. The average Bonchev–Trinajstić information content (AvgIpc) is 2.87. The van der Waals surface area contributed by atoms with Crippen LogP contribution in [0.25, 0.3) is 17.0 Å². The van der Waals surface area contributed by atoms with Crippen molar-refractivity contribution in [2.75, 3.05) is 6.54 Å². The third-order valence-electron chi connectivity index (χ3n) is 2.65. The summed E-state index contributed by atoms with van der Waals surface area (Å²) >= 11 is 0. The fraction of sp³-hybridized carbons (Fsp3) is 0.167. The Kier molecular flexibility index (Phi) is 2.70. The maximum Gasteiger partial charge on any atom is 0.255 e. The molecule has 6 nitrogen and oxygen atoms in total. The second-order valence-electron chi connectivity index (χ2n) is 3.85. The van der Waals surface area contributed by atoms with Crippen molar-refractivity contribution in [2.24, 2.45) is 5.73 Å². The quantitative estimate of drug-likeness (QED) is 0.729. The summed E-state index contributed by atoms with van der Waals surface area (Å²) in [5.74, 6) is 1.37. The molecule has 0 aliphatic heterocycles. The number of nitrogens with zero attached hydrogens (tertiary/aromatic N) is 5. The minimum Gasteiger partial charge on any atom is -0.330 e. The Balaban J connectivity index is 2.10. The van der Waals surface area contributed by atoms with Crippen molar-refractivity contribution in [3.8, 4) is 5.95 Å². The van der Waals surface area contributed by atoms with Gasteiger partial charge in [-0.05, 0) is 18.7 Å². The van der Waals surface area contributed by atoms with Crippen LogP contribution in [0.5, 0.6) is 0 Å². The maximum absolute atomic E-state index is 5.55. The molecule has 0 bridgehead atoms. The minimum atomic E-state index is 0.523. The van der Waals surface area contributed by atoms with Crippen molar-refractivity contribution in [1.29, 1.82) is 0 Å². The Labute approximate surface area is 104 Å². The molecule has 0 fully saturated rings. The molecule has 0 aliphatic carbocycles. The Morgan fingerprint density at radius 3 is 2.78 bits per heavy atom. The number of nitrogens with two attached hydrogens (primary N) is 1. The van der Waals surface area contributed by atoms with Gasteiger partial charge in [0.05, 0.1) is 5.52 Å². The lowest BCUT2D eigenvalue weighted by molar-refractivity contribution is 0.789. The van der Waals surface area contributed by atoms with Gasteiger partial charge in [-0.15, -0.1) is 10.2 Å². The van der Waals surface area contributed by atoms with Gasteiger partial charge in [0, 0.05) is 18.8 Å². The Hall–Kier alpha value is -2.34. The first-order valence-electron chi connectivity index (χ1n) is 5.70. The molecule has 3 aromatic rings. The third kappa shape index (κ3) is 1.82. The molecule has 3 rings (SSSR count). The van der Waals surface area contributed by atoms with Gasteiger partial charge >= 0.3 is 0 Å². The number of imidazole rings is 1. The van der Waals surface area contributed by atoms with E-state index in [9.17, 15) is 0 Å². The molecule has 0 amide bonds. The molecule has 0 radical (unpaired) electrons. The van der Waals surface area contributed by atoms with Crippen molar-refractivity contribution >= 4 is 11.0 Å². The van der Waals surface area contributed by atoms with Crippen LogP contribution >= 0.6 is 0 Å². The van der Waals surface area contributed by atoms with E-state index in [0.29, 0.717) is 18.9 Å². The summed E-state index contributed by atoms with van der Waals surface area (Å²) in [5.41, 5.74) is 7.14. The van der Waals surface area contributed by atoms with Gasteiger partial charge in [-0.2, -0.15) is 0 Å². The lowest BCUT2D eigenvalue weighted by Gasteiger charge is -2.05. The predicted octanol–water partition coefficient (Wildman–Crippen LogP) is 0.712. The summed E-state index contributed by atoms with van der Waals surface area (Å²) in [7, 11) is 0. The van der Waals surface area contributed by atoms with Gasteiger partial charge in [0.25, 0.3) is 5.95 Å². The summed E-state index contributed by atoms with van der Waals surface area (Å²) in [6.07, 6.45) is 4.21. The molecule has 0 aliphatic rings. The standard InChI is InChI=1S/C12H12N6/c13-6-5-11-14-7-8-18(11)12-15-9-3-1-2-4-10(9)16-17-12/h1-4,7-8H,5-6,13H2. The maximum atomic E-state index is 5.55. The number of hydrogen-bond donors (Lipinski definition) is 1. The van der Waals surface area contributed by atoms with Crippen LogP contribution in [0.1, 0.15) is 5.82 Å². The van der Waals surface area contributed by atoms with Crippen LogP contribution in [-0.4, -0.2) is 31.3 Å². The van der Waals surface area contributed by atoms with Crippen molar-refractivity contribution in [2.45, 2.75) is 6.42 Å². The van der Waals surface area contributed by atoms with E-state index >= 15 is 0 Å². The zero-order chi connectivity index (χ0) is 12.4. The Bertz CT molecular complexity index is 675. The monoisotopic (exact) mass is 240 g/mol. The smallest absolute Gasteiger partial charge is 0.255 e. The highest BCUT2D eigenvalue weighted by Crippen LogP contribution is 2.10. The Morgan fingerprint density at radius 2 is 1.94 bits per heavy atom. The van der Waals surface area contributed by atoms with Gasteiger partial charge in [-0.25, -0.2) is 9.97 Å². The SMILES string of the molecule is NCCc1nccn1-c1nnc2ccccc2n1. The number of rotatable bonds is 3. The van der Waals surface area contributed by atoms with Crippen molar-refractivity contribution in [3.63, 3.8) is 0 Å². The van der Waals surface area contributed by atoms with Gasteiger partial charge in [0.15, 0.2) is 0 Å². The fourth-order valence-corrected chi connectivity index (χ4v) is 1.80. The molecule has 0 saturated heterocycles. The second kappa shape index (κ2) is 4.50. The molecule has 2 heterocycles. The summed E-state index contributed by atoms with van der Waals surface area (Å²) in [4.78, 5) is 8.71. The normalized spacial score (nSPS) is 10.9. The first-order chi connectivity index (χ1) is 8.88. The molecule has 0 saturated carbocycles. The minimum absolute atomic E-state index is 0.523. The van der Waals surface area contributed by atoms with Crippen molar-refractivity contribution < 1.29 is 0 Å². The number of aromatic nitrogens is 5. The van der Waals surface area contributed by atoms with E-state index in [1.165, 1.54) is 0 Å². The first-order valence-corrected chi connectivity index (χ1v) is 5.70. The van der Waals surface area contributed by atoms with E-state index in [4.69, 9.17) is 5.73 Å². The molecule has 0 unspecified atom stereocenters. The largest absolute Gasteiger partial charge is 0.330 e. The van der Waals surface area contributed by atoms with Gasteiger partial charge in [-0.1, -0.05) is 12.1 Å². The predicted molar refractivity (Wildman–Crippen MR) is 67.2 cm³/mol. The summed E-state index contributed by atoms with van der Waals surface area (Å²) in [6.45, 7) is 0.540. The van der Waals surface area contributed by atoms with E-state index in [-0.39, 0.29) is 0 Å². The lowest BCUT2D eigenvalue weighted by atomic mass is 10.3. The molecule has 6 heteroatoms. The van der Waals surface area contributed by atoms with Crippen LogP contribution in [0.3, 0.4) is 0 Å². The average molecular weight is 240 g/mol. The molecular formula is C12H12N6. The summed E-state index contributed by atoms with van der Waals surface area (Å²) in [6, 6.07) is 7.63. The first kappa shape index (κ1) is 10.8. The van der Waals surface area contributed by atoms with Gasteiger partial charge in [0.2, 0.25) is 0 Å². The van der Waals surface area contributed by atoms with Crippen molar-refractivity contribution in [3.05, 3.63) is 42.5 Å². The summed E-state index contributed by atoms with van der Waals surface area (Å²) in [5, 5.41) is 8.26. The van der Waals surface area contributed by atoms with E-state index in [1.54, 1.807) is 6.20 Å². The highest BCUT2D eigenvalue weighted by Gasteiger charge is 2.08. The van der Waals surface area contributed by atoms with Crippen molar-refractivity contribution in [1.82, 2.24) is 24.7 Å². The molecule has 2 aromatic heterocycles. The highest BCUT2D eigenvalue weighted by atomic mass is 15.3.